The van der Waals surface area contributed by atoms with E-state index in [4.69, 9.17) is 15.5 Å². The molecule has 1 rings (SSSR count). The zero-order valence-electron chi connectivity index (χ0n) is 7.70. The van der Waals surface area contributed by atoms with Crippen LogP contribution in [0.2, 0.25) is 0 Å². The van der Waals surface area contributed by atoms with Crippen molar-refractivity contribution in [1.82, 2.24) is 0 Å². The van der Waals surface area contributed by atoms with Crippen molar-refractivity contribution in [3.8, 4) is 6.07 Å². The molecule has 0 aliphatic rings. The topological polar surface area (TPSA) is 81.3 Å². The number of hydrogen-bond donors (Lipinski definition) is 2. The third kappa shape index (κ3) is 2.55. The Morgan fingerprint density at radius 2 is 2.20 bits per heavy atom. The quantitative estimate of drug-likeness (QED) is 0.870. The number of carboxylic acids is 1. The van der Waals surface area contributed by atoms with Crippen molar-refractivity contribution in [2.24, 2.45) is 0 Å². The number of rotatable bonds is 3. The molecule has 0 spiro atoms. The summed E-state index contributed by atoms with van der Waals surface area (Å²) in [5.74, 6) is -1.01. The number of carboxylic acid groups (broad SMARTS) is 1. The van der Waals surface area contributed by atoms with Crippen LogP contribution in [0.4, 0.5) is 0 Å². The Labute approximate surface area is 94.9 Å². The lowest BCUT2D eigenvalue weighted by atomic mass is 10.0. The van der Waals surface area contributed by atoms with Gasteiger partial charge in [-0.05, 0) is 17.2 Å². The lowest BCUT2D eigenvalue weighted by molar-refractivity contribution is -0.136. The lowest BCUT2D eigenvalue weighted by Gasteiger charge is -2.08. The Kier molecular flexibility index (Phi) is 3.83. The molecule has 0 saturated carbocycles. The Hall–Kier alpha value is -1.38. The van der Waals surface area contributed by atoms with Gasteiger partial charge in [0.1, 0.15) is 0 Å². The van der Waals surface area contributed by atoms with Gasteiger partial charge in [0, 0.05) is 4.47 Å². The predicted molar refractivity (Wildman–Crippen MR) is 56.1 cm³/mol. The van der Waals surface area contributed by atoms with Crippen LogP contribution in [0, 0.1) is 11.3 Å². The highest BCUT2D eigenvalue weighted by molar-refractivity contribution is 9.10. The smallest absolute Gasteiger partial charge is 0.307 e. The van der Waals surface area contributed by atoms with E-state index >= 15 is 0 Å². The van der Waals surface area contributed by atoms with E-state index in [1.165, 1.54) is 6.07 Å². The molecule has 0 fully saturated rings. The highest BCUT2D eigenvalue weighted by Crippen LogP contribution is 2.25. The summed E-state index contributed by atoms with van der Waals surface area (Å²) in [4.78, 5) is 10.6. The normalized spacial score (nSPS) is 9.67. The second-order valence-corrected chi connectivity index (χ2v) is 3.70. The molecule has 0 heterocycles. The van der Waals surface area contributed by atoms with Gasteiger partial charge in [0.05, 0.1) is 24.7 Å². The fraction of sp³-hybridized carbons (Fsp3) is 0.200. The van der Waals surface area contributed by atoms with Crippen molar-refractivity contribution in [3.63, 3.8) is 0 Å². The van der Waals surface area contributed by atoms with Gasteiger partial charge in [0.25, 0.3) is 0 Å². The average molecular weight is 270 g/mol. The van der Waals surface area contributed by atoms with Gasteiger partial charge in [-0.3, -0.25) is 4.79 Å². The molecule has 0 aliphatic heterocycles. The molecule has 0 aromatic heterocycles. The molecule has 0 atom stereocenters. The van der Waals surface area contributed by atoms with Crippen LogP contribution in [0.25, 0.3) is 0 Å². The van der Waals surface area contributed by atoms with Gasteiger partial charge < -0.3 is 10.2 Å². The minimum absolute atomic E-state index is 0.196. The van der Waals surface area contributed by atoms with E-state index in [1.807, 2.05) is 6.07 Å². The van der Waals surface area contributed by atoms with E-state index in [0.29, 0.717) is 21.2 Å². The number of nitriles is 1. The molecule has 0 bridgehead atoms. The van der Waals surface area contributed by atoms with Crippen LogP contribution in [0.1, 0.15) is 16.7 Å². The predicted octanol–water partition coefficient (Wildman–Crippen LogP) is 1.44. The fourth-order valence-corrected chi connectivity index (χ4v) is 1.83. The third-order valence-corrected chi connectivity index (χ3v) is 2.93. The molecule has 1 aromatic carbocycles. The summed E-state index contributed by atoms with van der Waals surface area (Å²) in [7, 11) is 0. The number of aliphatic hydroxyl groups excluding tert-OH is 1. The summed E-state index contributed by atoms with van der Waals surface area (Å²) in [5.41, 5.74) is 1.28. The van der Waals surface area contributed by atoms with Crippen molar-refractivity contribution in [3.05, 3.63) is 33.3 Å². The molecular weight excluding hydrogens is 262 g/mol. The van der Waals surface area contributed by atoms with Crippen molar-refractivity contribution in [2.75, 3.05) is 0 Å². The van der Waals surface area contributed by atoms with Crippen LogP contribution >= 0.6 is 15.9 Å². The first-order chi connectivity index (χ1) is 7.10. The SMILES string of the molecule is N#Cc1ccc(CO)c(Br)c1CC(=O)O. The van der Waals surface area contributed by atoms with Crippen molar-refractivity contribution in [1.29, 1.82) is 5.26 Å². The first kappa shape index (κ1) is 11.7. The first-order valence-corrected chi connectivity index (χ1v) is 4.92. The Morgan fingerprint density at radius 3 is 2.67 bits per heavy atom. The molecule has 2 N–H and O–H groups in total. The molecular formula is C10H8BrNO3. The van der Waals surface area contributed by atoms with Gasteiger partial charge in [-0.25, -0.2) is 0 Å². The molecule has 15 heavy (non-hydrogen) atoms. The summed E-state index contributed by atoms with van der Waals surface area (Å²) < 4.78 is 0.492. The summed E-state index contributed by atoms with van der Waals surface area (Å²) in [6.45, 7) is -0.196. The lowest BCUT2D eigenvalue weighted by Crippen LogP contribution is -2.05. The summed E-state index contributed by atoms with van der Waals surface area (Å²) in [5, 5.41) is 26.5. The highest BCUT2D eigenvalue weighted by Gasteiger charge is 2.13. The second-order valence-electron chi connectivity index (χ2n) is 2.91. The van der Waals surface area contributed by atoms with Gasteiger partial charge >= 0.3 is 5.97 Å². The Morgan fingerprint density at radius 1 is 1.53 bits per heavy atom. The van der Waals surface area contributed by atoms with Crippen LogP contribution in [0.5, 0.6) is 0 Å². The maximum absolute atomic E-state index is 10.6. The molecule has 5 heteroatoms. The Balaban J connectivity index is 3.30. The van der Waals surface area contributed by atoms with E-state index in [9.17, 15) is 4.79 Å². The fourth-order valence-electron chi connectivity index (χ4n) is 1.22. The summed E-state index contributed by atoms with van der Waals surface area (Å²) >= 11 is 3.19. The Bertz CT molecular complexity index is 437. The standard InChI is InChI=1S/C10H8BrNO3/c11-10-7(5-13)2-1-6(4-12)8(10)3-9(14)15/h1-2,13H,3,5H2,(H,14,15). The number of benzene rings is 1. The van der Waals surface area contributed by atoms with Crippen molar-refractivity contribution in [2.45, 2.75) is 13.0 Å². The summed E-state index contributed by atoms with van der Waals surface area (Å²) in [6.07, 6.45) is -0.239. The average Bonchev–Trinajstić information content (AvgIpc) is 2.20. The first-order valence-electron chi connectivity index (χ1n) is 4.13. The van der Waals surface area contributed by atoms with E-state index in [0.717, 1.165) is 0 Å². The van der Waals surface area contributed by atoms with E-state index in [1.54, 1.807) is 6.07 Å². The maximum atomic E-state index is 10.6. The minimum Gasteiger partial charge on any atom is -0.481 e. The molecule has 4 nitrogen and oxygen atoms in total. The van der Waals surface area contributed by atoms with Gasteiger partial charge in [-0.1, -0.05) is 22.0 Å². The molecule has 0 aliphatic carbocycles. The van der Waals surface area contributed by atoms with E-state index < -0.39 is 5.97 Å². The maximum Gasteiger partial charge on any atom is 0.307 e. The van der Waals surface area contributed by atoms with E-state index in [2.05, 4.69) is 15.9 Å². The van der Waals surface area contributed by atoms with Gasteiger partial charge in [0.15, 0.2) is 0 Å². The van der Waals surface area contributed by atoms with Crippen LogP contribution in [-0.2, 0) is 17.8 Å². The van der Waals surface area contributed by atoms with Crippen molar-refractivity contribution >= 4 is 21.9 Å². The van der Waals surface area contributed by atoms with Gasteiger partial charge in [-0.2, -0.15) is 5.26 Å². The summed E-state index contributed by atoms with van der Waals surface area (Å²) in [6, 6.07) is 5.02. The van der Waals surface area contributed by atoms with E-state index in [-0.39, 0.29) is 13.0 Å². The van der Waals surface area contributed by atoms with Gasteiger partial charge in [0.2, 0.25) is 0 Å². The van der Waals surface area contributed by atoms with Crippen LogP contribution < -0.4 is 0 Å². The van der Waals surface area contributed by atoms with Gasteiger partial charge in [-0.15, -0.1) is 0 Å². The molecule has 0 radical (unpaired) electrons. The number of aliphatic hydroxyl groups is 1. The minimum atomic E-state index is -1.01. The highest BCUT2D eigenvalue weighted by atomic mass is 79.9. The second kappa shape index (κ2) is 4.91. The number of carbonyl (C=O) groups is 1. The number of halogens is 1. The monoisotopic (exact) mass is 269 g/mol. The third-order valence-electron chi connectivity index (χ3n) is 1.94. The van der Waals surface area contributed by atoms with Crippen LogP contribution in [-0.4, -0.2) is 16.2 Å². The number of nitrogens with zero attached hydrogens (tertiary/aromatic N) is 1. The zero-order chi connectivity index (χ0) is 11.4. The van der Waals surface area contributed by atoms with Crippen LogP contribution in [0.15, 0.2) is 16.6 Å². The van der Waals surface area contributed by atoms with Crippen molar-refractivity contribution < 1.29 is 15.0 Å². The molecule has 1 aromatic rings. The van der Waals surface area contributed by atoms with Crippen LogP contribution in [0.3, 0.4) is 0 Å². The largest absolute Gasteiger partial charge is 0.481 e. The zero-order valence-corrected chi connectivity index (χ0v) is 9.28. The number of aliphatic carboxylic acids is 1. The molecule has 0 saturated heterocycles. The molecule has 0 amide bonds. The molecule has 0 unspecified atom stereocenters. The molecule has 78 valence electrons. The number of hydrogen-bond acceptors (Lipinski definition) is 3.